The molecule has 0 spiro atoms. The smallest absolute Gasteiger partial charge is 0.246 e. The van der Waals surface area contributed by atoms with E-state index in [1.807, 2.05) is 0 Å². The number of hydrogen-bond acceptors (Lipinski definition) is 4. The monoisotopic (exact) mass is 171 g/mol. The summed E-state index contributed by atoms with van der Waals surface area (Å²) in [6.07, 6.45) is 3.51. The van der Waals surface area contributed by atoms with Gasteiger partial charge < -0.3 is 9.05 Å². The van der Waals surface area contributed by atoms with Gasteiger partial charge in [-0.05, 0) is 11.8 Å². The zero-order valence-corrected chi connectivity index (χ0v) is 7.31. The summed E-state index contributed by atoms with van der Waals surface area (Å²) in [6.45, 7) is 0. The summed E-state index contributed by atoms with van der Waals surface area (Å²) in [7, 11) is 3.06. The predicted molar refractivity (Wildman–Crippen MR) is 41.3 cm³/mol. The van der Waals surface area contributed by atoms with Gasteiger partial charge in [0.15, 0.2) is 0 Å². The van der Waals surface area contributed by atoms with Crippen molar-refractivity contribution in [2.24, 2.45) is 0 Å². The van der Waals surface area contributed by atoms with Crippen molar-refractivity contribution in [1.29, 1.82) is 0 Å². The second-order valence-corrected chi connectivity index (χ2v) is 7.18. The molecule has 0 saturated carbocycles. The molecule has 0 fully saturated rings. The van der Waals surface area contributed by atoms with E-state index < -0.39 is 5.69 Å². The second-order valence-electron chi connectivity index (χ2n) is 0.941. The largest absolute Gasteiger partial charge is 0.325 e. The van der Waals surface area contributed by atoms with E-state index in [9.17, 15) is 0 Å². The van der Waals surface area contributed by atoms with Gasteiger partial charge in [0.05, 0.1) is 0 Å². The molecule has 0 bridgehead atoms. The molecule has 49 valence electrons. The Hall–Kier alpha value is 0.920. The minimum Gasteiger partial charge on any atom is -0.325 e. The minimum absolute atomic E-state index is 1.20. The summed E-state index contributed by atoms with van der Waals surface area (Å²) < 4.78 is 9.68. The fourth-order valence-corrected chi connectivity index (χ4v) is 1.17. The Morgan fingerprint density at radius 1 is 1.50 bits per heavy atom. The Morgan fingerprint density at radius 3 is 1.88 bits per heavy atom. The molecule has 0 aliphatic rings. The zero-order valence-electron chi connectivity index (χ0n) is 4.79. The fraction of sp³-hybridized carbons (Fsp3) is 0.667. The van der Waals surface area contributed by atoms with Crippen molar-refractivity contribution in [2.45, 2.75) is 0 Å². The van der Waals surface area contributed by atoms with E-state index in [1.54, 1.807) is 0 Å². The van der Waals surface area contributed by atoms with Gasteiger partial charge in [0.1, 0.15) is 0 Å². The van der Waals surface area contributed by atoms with Gasteiger partial charge in [0.2, 0.25) is 5.69 Å². The first-order valence-electron chi connectivity index (χ1n) is 1.84. The van der Waals surface area contributed by atoms with Gasteiger partial charge in [-0.2, -0.15) is 0 Å². The van der Waals surface area contributed by atoms with Gasteiger partial charge in [-0.3, -0.25) is 0 Å². The van der Waals surface area contributed by atoms with Crippen LogP contribution in [-0.2, 0) is 20.9 Å². The molecule has 1 radical (unpaired) electrons. The molecule has 0 aromatic heterocycles. The molecule has 0 aromatic rings. The quantitative estimate of drug-likeness (QED) is 0.604. The van der Waals surface area contributed by atoms with Gasteiger partial charge in [-0.1, -0.05) is 11.4 Å². The van der Waals surface area contributed by atoms with E-state index in [4.69, 9.17) is 20.9 Å². The SMILES string of the molecule is [CH2]SP(=S)(OC)OC. The lowest BCUT2D eigenvalue weighted by atomic mass is 11.8. The third-order valence-electron chi connectivity index (χ3n) is 0.605. The normalized spacial score (nSPS) is 11.9. The molecular formula is C3H8O2PS2. The maximum atomic E-state index is 4.87. The highest BCUT2D eigenvalue weighted by Gasteiger charge is 2.11. The topological polar surface area (TPSA) is 18.5 Å². The van der Waals surface area contributed by atoms with Crippen LogP contribution in [0.3, 0.4) is 0 Å². The van der Waals surface area contributed by atoms with Crippen molar-refractivity contribution < 1.29 is 9.05 Å². The zero-order chi connectivity index (χ0) is 6.62. The Labute approximate surface area is 58.9 Å². The van der Waals surface area contributed by atoms with Crippen molar-refractivity contribution in [3.63, 3.8) is 0 Å². The van der Waals surface area contributed by atoms with Crippen LogP contribution in [0.15, 0.2) is 0 Å². The van der Waals surface area contributed by atoms with Crippen molar-refractivity contribution in [1.82, 2.24) is 0 Å². The first-order chi connectivity index (χ1) is 3.68. The molecule has 0 atom stereocenters. The van der Waals surface area contributed by atoms with E-state index in [0.29, 0.717) is 0 Å². The third kappa shape index (κ3) is 2.46. The van der Waals surface area contributed by atoms with Gasteiger partial charge >= 0.3 is 0 Å². The van der Waals surface area contributed by atoms with Gasteiger partial charge in [0, 0.05) is 20.5 Å². The Morgan fingerprint density at radius 2 is 1.88 bits per heavy atom. The van der Waals surface area contributed by atoms with Crippen LogP contribution in [0.2, 0.25) is 0 Å². The first-order valence-corrected chi connectivity index (χ1v) is 6.06. The Kier molecular flexibility index (Phi) is 4.30. The molecule has 0 N–H and O–H groups in total. The molecule has 2 nitrogen and oxygen atoms in total. The number of hydrogen-bond donors (Lipinski definition) is 0. The average Bonchev–Trinajstić information content (AvgIpc) is 1.87. The lowest BCUT2D eigenvalue weighted by Crippen LogP contribution is -1.79. The van der Waals surface area contributed by atoms with Gasteiger partial charge in [0.25, 0.3) is 0 Å². The van der Waals surface area contributed by atoms with Crippen LogP contribution >= 0.6 is 17.1 Å². The predicted octanol–water partition coefficient (Wildman–Crippen LogP) is 2.03. The van der Waals surface area contributed by atoms with Crippen LogP contribution in [0.4, 0.5) is 0 Å². The van der Waals surface area contributed by atoms with Crippen LogP contribution in [0.1, 0.15) is 0 Å². The van der Waals surface area contributed by atoms with E-state index in [0.717, 1.165) is 0 Å². The summed E-state index contributed by atoms with van der Waals surface area (Å²) in [6, 6.07) is 0. The maximum absolute atomic E-state index is 4.87. The highest BCUT2D eigenvalue weighted by molar-refractivity contribution is 8.68. The summed E-state index contributed by atoms with van der Waals surface area (Å²) in [5, 5.41) is 0. The molecule has 8 heavy (non-hydrogen) atoms. The molecule has 5 heteroatoms. The second kappa shape index (κ2) is 3.85. The van der Waals surface area contributed by atoms with Gasteiger partial charge in [-0.25, -0.2) is 0 Å². The highest BCUT2D eigenvalue weighted by atomic mass is 32.9. The van der Waals surface area contributed by atoms with Crippen LogP contribution < -0.4 is 0 Å². The molecule has 0 heterocycles. The average molecular weight is 171 g/mol. The molecule has 0 rings (SSSR count). The molecule has 0 saturated heterocycles. The molecular weight excluding hydrogens is 163 g/mol. The Bertz CT molecular complexity index is 86.4. The molecule has 0 aliphatic carbocycles. The number of rotatable bonds is 3. The van der Waals surface area contributed by atoms with Crippen LogP contribution in [-0.4, -0.2) is 14.2 Å². The Balaban J connectivity index is 3.79. The standard InChI is InChI=1S/C3H8O2PS2/c1-4-6(7,5-2)8-3/h3H2,1-2H3. The van der Waals surface area contributed by atoms with E-state index in [1.165, 1.54) is 25.6 Å². The van der Waals surface area contributed by atoms with Crippen molar-refractivity contribution in [3.05, 3.63) is 6.26 Å². The summed E-state index contributed by atoms with van der Waals surface area (Å²) in [5.74, 6) is 0. The van der Waals surface area contributed by atoms with Crippen molar-refractivity contribution in [3.8, 4) is 0 Å². The molecule has 0 aromatic carbocycles. The van der Waals surface area contributed by atoms with Crippen molar-refractivity contribution >= 4 is 28.9 Å². The van der Waals surface area contributed by atoms with E-state index in [-0.39, 0.29) is 0 Å². The maximum Gasteiger partial charge on any atom is 0.246 e. The lowest BCUT2D eigenvalue weighted by Gasteiger charge is -2.12. The van der Waals surface area contributed by atoms with E-state index in [2.05, 4.69) is 6.26 Å². The lowest BCUT2D eigenvalue weighted by molar-refractivity contribution is 0.354. The van der Waals surface area contributed by atoms with Gasteiger partial charge in [-0.15, -0.1) is 0 Å². The minimum atomic E-state index is -2.02. The third-order valence-corrected chi connectivity index (χ3v) is 5.50. The highest BCUT2D eigenvalue weighted by Crippen LogP contribution is 2.58. The summed E-state index contributed by atoms with van der Waals surface area (Å²) >= 11 is 6.08. The molecule has 0 aliphatic heterocycles. The molecule has 0 amide bonds. The van der Waals surface area contributed by atoms with Crippen LogP contribution in [0, 0.1) is 6.26 Å². The summed E-state index contributed by atoms with van der Waals surface area (Å²) in [4.78, 5) is 0. The van der Waals surface area contributed by atoms with E-state index >= 15 is 0 Å². The molecule has 0 unspecified atom stereocenters. The van der Waals surface area contributed by atoms with Crippen LogP contribution in [0.5, 0.6) is 0 Å². The van der Waals surface area contributed by atoms with Crippen LogP contribution in [0.25, 0.3) is 0 Å². The fourth-order valence-electron chi connectivity index (χ4n) is 0.180. The first kappa shape index (κ1) is 8.92. The van der Waals surface area contributed by atoms with Crippen molar-refractivity contribution in [2.75, 3.05) is 14.2 Å². The summed E-state index contributed by atoms with van der Waals surface area (Å²) in [5.41, 5.74) is -2.02.